The van der Waals surface area contributed by atoms with E-state index >= 15 is 0 Å². The van der Waals surface area contributed by atoms with Crippen molar-refractivity contribution in [2.45, 2.75) is 19.4 Å². The number of hydrogen-bond donors (Lipinski definition) is 3. The fraction of sp³-hybridized carbons (Fsp3) is 0.467. The molecule has 0 bridgehead atoms. The Balaban J connectivity index is 2.07. The Bertz CT molecular complexity index is 642. The molecule has 1 aliphatic heterocycles. The predicted octanol–water partition coefficient (Wildman–Crippen LogP) is 0.954. The average Bonchev–Trinajstić information content (AvgIpc) is 2.61. The molecule has 2 rings (SSSR count). The first-order valence-corrected chi connectivity index (χ1v) is 7.69. The summed E-state index contributed by atoms with van der Waals surface area (Å²) in [5.41, 5.74) is 6.08. The third-order valence-corrected chi connectivity index (χ3v) is 3.44. The van der Waals surface area contributed by atoms with E-state index in [4.69, 9.17) is 15.9 Å². The van der Waals surface area contributed by atoms with Crippen molar-refractivity contribution in [2.75, 3.05) is 31.6 Å². The maximum atomic E-state index is 12.4. The van der Waals surface area contributed by atoms with E-state index in [-0.39, 0.29) is 17.6 Å². The molecule has 0 radical (unpaired) electrons. The number of morpholine rings is 1. The Hall–Kier alpha value is -2.46. The van der Waals surface area contributed by atoms with Gasteiger partial charge < -0.3 is 20.7 Å². The first-order valence-electron chi connectivity index (χ1n) is 7.69. The van der Waals surface area contributed by atoms with Gasteiger partial charge in [-0.1, -0.05) is 0 Å². The van der Waals surface area contributed by atoms with Crippen LogP contribution in [0.3, 0.4) is 0 Å². The number of nitrogens with one attached hydrogen (secondary N) is 2. The van der Waals surface area contributed by atoms with Crippen LogP contribution in [-0.2, 0) is 4.74 Å². The number of carbonyl (C=O) groups excluding carboxylic acids is 1. The average molecular weight is 354 g/mol. The smallest absolute Gasteiger partial charge is 0.296 e. The SMILES string of the molecule is CC(N)/C(=N/C(=N)C(F)F)Nc1ccc(C(=O)N2CCOCC2)cn1. The van der Waals surface area contributed by atoms with E-state index in [0.717, 1.165) is 0 Å². The molecule has 0 saturated carbocycles. The van der Waals surface area contributed by atoms with E-state index in [2.05, 4.69) is 15.3 Å². The predicted molar refractivity (Wildman–Crippen MR) is 89.4 cm³/mol. The molecule has 1 aromatic heterocycles. The van der Waals surface area contributed by atoms with Crippen LogP contribution >= 0.6 is 0 Å². The van der Waals surface area contributed by atoms with Gasteiger partial charge in [0.2, 0.25) is 0 Å². The van der Waals surface area contributed by atoms with E-state index in [1.54, 1.807) is 17.9 Å². The summed E-state index contributed by atoms with van der Waals surface area (Å²) in [5, 5.41) is 9.83. The molecule has 8 nitrogen and oxygen atoms in total. The van der Waals surface area contributed by atoms with E-state index in [9.17, 15) is 13.6 Å². The highest BCUT2D eigenvalue weighted by molar-refractivity contribution is 6.06. The molecule has 1 fully saturated rings. The standard InChI is InChI=1S/C15H20F2N6O2/c1-9(18)14(22-13(19)12(16)17)21-11-3-2-10(8-20-11)15(24)23-4-6-25-7-5-23/h2-3,8-9,12H,4-7,18H2,1H3,(H2,19,20,21,22). The minimum atomic E-state index is -2.99. The normalized spacial score (nSPS) is 16.7. The number of anilines is 1. The zero-order chi connectivity index (χ0) is 18.4. The van der Waals surface area contributed by atoms with Crippen LogP contribution in [0.4, 0.5) is 14.6 Å². The molecule has 1 aromatic rings. The minimum Gasteiger partial charge on any atom is -0.378 e. The van der Waals surface area contributed by atoms with Gasteiger partial charge in [0.1, 0.15) is 11.7 Å². The molecule has 1 atom stereocenters. The van der Waals surface area contributed by atoms with Gasteiger partial charge >= 0.3 is 0 Å². The highest BCUT2D eigenvalue weighted by Gasteiger charge is 2.19. The fourth-order valence-corrected chi connectivity index (χ4v) is 2.10. The molecule has 4 N–H and O–H groups in total. The number of amidine groups is 2. The second-order valence-electron chi connectivity index (χ2n) is 5.43. The lowest BCUT2D eigenvalue weighted by molar-refractivity contribution is 0.0302. The Labute approximate surface area is 143 Å². The number of carbonyl (C=O) groups is 1. The molecule has 136 valence electrons. The Morgan fingerprint density at radius 1 is 1.44 bits per heavy atom. The van der Waals surface area contributed by atoms with Gasteiger partial charge in [-0.2, -0.15) is 0 Å². The Morgan fingerprint density at radius 2 is 2.12 bits per heavy atom. The lowest BCUT2D eigenvalue weighted by Gasteiger charge is -2.26. The largest absolute Gasteiger partial charge is 0.378 e. The summed E-state index contributed by atoms with van der Waals surface area (Å²) < 4.78 is 30.1. The number of nitrogens with zero attached hydrogens (tertiary/aromatic N) is 3. The number of hydrogen-bond acceptors (Lipinski definition) is 5. The van der Waals surface area contributed by atoms with Crippen LogP contribution in [0.25, 0.3) is 0 Å². The molecular weight excluding hydrogens is 334 g/mol. The van der Waals surface area contributed by atoms with Gasteiger partial charge in [0.25, 0.3) is 12.3 Å². The molecule has 25 heavy (non-hydrogen) atoms. The maximum absolute atomic E-state index is 12.4. The van der Waals surface area contributed by atoms with Crippen LogP contribution < -0.4 is 11.1 Å². The van der Waals surface area contributed by atoms with Gasteiger partial charge in [-0.25, -0.2) is 18.8 Å². The van der Waals surface area contributed by atoms with Crippen molar-refractivity contribution in [3.8, 4) is 0 Å². The molecule has 1 aliphatic rings. The number of aromatic nitrogens is 1. The lowest BCUT2D eigenvalue weighted by Crippen LogP contribution is -2.40. The molecule has 0 aliphatic carbocycles. The van der Waals surface area contributed by atoms with Crippen molar-refractivity contribution in [3.63, 3.8) is 0 Å². The molecular formula is C15H20F2N6O2. The van der Waals surface area contributed by atoms with Crippen molar-refractivity contribution < 1.29 is 18.3 Å². The van der Waals surface area contributed by atoms with E-state index in [1.165, 1.54) is 12.3 Å². The first kappa shape index (κ1) is 18.9. The molecule has 10 heteroatoms. The lowest BCUT2D eigenvalue weighted by atomic mass is 10.2. The summed E-state index contributed by atoms with van der Waals surface area (Å²) >= 11 is 0. The maximum Gasteiger partial charge on any atom is 0.296 e. The zero-order valence-electron chi connectivity index (χ0n) is 13.7. The summed E-state index contributed by atoms with van der Waals surface area (Å²) in [6.45, 7) is 3.60. The van der Waals surface area contributed by atoms with Gasteiger partial charge in [0.05, 0.1) is 24.8 Å². The second kappa shape index (κ2) is 8.58. The third-order valence-electron chi connectivity index (χ3n) is 3.44. The molecule has 1 unspecified atom stereocenters. The Kier molecular flexibility index (Phi) is 6.48. The molecule has 1 saturated heterocycles. The number of amides is 1. The minimum absolute atomic E-state index is 0.00921. The van der Waals surface area contributed by atoms with Crippen molar-refractivity contribution in [3.05, 3.63) is 23.9 Å². The number of nitrogens with two attached hydrogens (primary N) is 1. The van der Waals surface area contributed by atoms with Crippen molar-refractivity contribution in [2.24, 2.45) is 10.7 Å². The topological polar surface area (TPSA) is 117 Å². The third kappa shape index (κ3) is 5.26. The van der Waals surface area contributed by atoms with Gasteiger partial charge in [-0.15, -0.1) is 0 Å². The monoisotopic (exact) mass is 354 g/mol. The van der Waals surface area contributed by atoms with Gasteiger partial charge in [0.15, 0.2) is 5.84 Å². The number of rotatable bonds is 4. The van der Waals surface area contributed by atoms with E-state index < -0.39 is 18.3 Å². The second-order valence-corrected chi connectivity index (χ2v) is 5.43. The molecule has 0 aromatic carbocycles. The van der Waals surface area contributed by atoms with Gasteiger partial charge in [-0.05, 0) is 19.1 Å². The van der Waals surface area contributed by atoms with Crippen LogP contribution in [0.5, 0.6) is 0 Å². The van der Waals surface area contributed by atoms with Crippen molar-refractivity contribution in [1.82, 2.24) is 9.88 Å². The zero-order valence-corrected chi connectivity index (χ0v) is 13.7. The number of alkyl halides is 2. The van der Waals surface area contributed by atoms with Crippen LogP contribution in [-0.4, -0.2) is 66.2 Å². The van der Waals surface area contributed by atoms with Crippen LogP contribution in [0, 0.1) is 5.41 Å². The molecule has 0 spiro atoms. The first-order chi connectivity index (χ1) is 11.9. The number of pyridine rings is 1. The highest BCUT2D eigenvalue weighted by Crippen LogP contribution is 2.10. The van der Waals surface area contributed by atoms with E-state index in [1.807, 2.05) is 0 Å². The molecule has 2 heterocycles. The van der Waals surface area contributed by atoms with Crippen LogP contribution in [0.1, 0.15) is 17.3 Å². The summed E-state index contributed by atoms with van der Waals surface area (Å²) in [5.74, 6) is -0.955. The number of halogens is 2. The fourth-order valence-electron chi connectivity index (χ4n) is 2.10. The van der Waals surface area contributed by atoms with Crippen molar-refractivity contribution >= 4 is 23.4 Å². The summed E-state index contributed by atoms with van der Waals surface area (Å²) in [6, 6.07) is 2.40. The van der Waals surface area contributed by atoms with Gasteiger partial charge in [0, 0.05) is 19.3 Å². The van der Waals surface area contributed by atoms with Crippen LogP contribution in [0.2, 0.25) is 0 Å². The summed E-state index contributed by atoms with van der Waals surface area (Å²) in [4.78, 5) is 21.6. The van der Waals surface area contributed by atoms with E-state index in [0.29, 0.717) is 31.9 Å². The molecule has 1 amide bonds. The number of aliphatic imine (C=N–C) groups is 1. The quantitative estimate of drug-likeness (QED) is 0.550. The van der Waals surface area contributed by atoms with Crippen molar-refractivity contribution in [1.29, 1.82) is 5.41 Å². The Morgan fingerprint density at radius 3 is 2.64 bits per heavy atom. The summed E-state index contributed by atoms with van der Waals surface area (Å²) in [7, 11) is 0. The van der Waals surface area contributed by atoms with Crippen LogP contribution in [0.15, 0.2) is 23.3 Å². The van der Waals surface area contributed by atoms with Gasteiger partial charge in [-0.3, -0.25) is 10.2 Å². The number of ether oxygens (including phenoxy) is 1. The highest BCUT2D eigenvalue weighted by atomic mass is 19.3. The summed E-state index contributed by atoms with van der Waals surface area (Å²) in [6.07, 6.45) is -1.60.